The molecule has 0 N–H and O–H groups in total. The van der Waals surface area contributed by atoms with Gasteiger partial charge in [-0.25, -0.2) is 0 Å². The van der Waals surface area contributed by atoms with Crippen molar-refractivity contribution in [3.63, 3.8) is 0 Å². The van der Waals surface area contributed by atoms with E-state index in [1.165, 1.54) is 20.6 Å². The molecule has 0 fully saturated rings. The summed E-state index contributed by atoms with van der Waals surface area (Å²) in [5.74, 6) is 0. The topological polar surface area (TPSA) is 25.2 Å². The van der Waals surface area contributed by atoms with Gasteiger partial charge in [0.15, 0.2) is 0 Å². The molecule has 1 aromatic heterocycles. The van der Waals surface area contributed by atoms with Gasteiger partial charge in [-0.2, -0.15) is 0 Å². The fourth-order valence-electron chi connectivity index (χ4n) is 2.32. The summed E-state index contributed by atoms with van der Waals surface area (Å²) in [6, 6.07) is 4.50. The molecule has 0 amide bonds. The maximum atomic E-state index is 4.72. The molecule has 1 aromatic rings. The zero-order valence-electron chi connectivity index (χ0n) is 13.6. The van der Waals surface area contributed by atoms with Crippen molar-refractivity contribution in [2.24, 2.45) is 10.4 Å². The Morgan fingerprint density at radius 1 is 1.10 bits per heavy atom. The summed E-state index contributed by atoms with van der Waals surface area (Å²) in [7, 11) is 0. The number of allylic oxidation sites excluding steroid dienone is 1. The van der Waals surface area contributed by atoms with Crippen LogP contribution in [0.4, 0.5) is 0 Å². The number of aromatic nitrogens is 1. The summed E-state index contributed by atoms with van der Waals surface area (Å²) in [4.78, 5) is 16.6. The SMILES string of the molecule is CC(C)(C)C1=NCC=C(c2cc[c]([Sn]([CH3])([CH3])[CH3])nc2)C1. The van der Waals surface area contributed by atoms with Crippen LogP contribution in [0, 0.1) is 5.41 Å². The average Bonchev–Trinajstić information content (AvgIpc) is 2.37. The van der Waals surface area contributed by atoms with Gasteiger partial charge in [0.05, 0.1) is 0 Å². The van der Waals surface area contributed by atoms with Crippen molar-refractivity contribution >= 4 is 33.4 Å². The van der Waals surface area contributed by atoms with E-state index < -0.39 is 18.4 Å². The molecular weight excluding hydrogens is 351 g/mol. The van der Waals surface area contributed by atoms with Gasteiger partial charge in [-0.15, -0.1) is 0 Å². The number of pyridine rings is 1. The third-order valence-electron chi connectivity index (χ3n) is 3.75. The van der Waals surface area contributed by atoms with Gasteiger partial charge < -0.3 is 0 Å². The van der Waals surface area contributed by atoms with Crippen molar-refractivity contribution in [2.75, 3.05) is 6.54 Å². The van der Waals surface area contributed by atoms with Crippen molar-refractivity contribution in [1.29, 1.82) is 0 Å². The first-order valence-corrected chi connectivity index (χ1v) is 17.4. The van der Waals surface area contributed by atoms with Crippen LogP contribution in [0.5, 0.6) is 0 Å². The van der Waals surface area contributed by atoms with Gasteiger partial charge in [-0.1, -0.05) is 0 Å². The summed E-state index contributed by atoms with van der Waals surface area (Å²) < 4.78 is 1.35. The van der Waals surface area contributed by atoms with Crippen LogP contribution in [-0.4, -0.2) is 35.6 Å². The third kappa shape index (κ3) is 3.72. The number of hydrogen-bond donors (Lipinski definition) is 0. The van der Waals surface area contributed by atoms with E-state index in [1.54, 1.807) is 0 Å². The molecule has 1 aliphatic rings. The van der Waals surface area contributed by atoms with Crippen molar-refractivity contribution in [3.05, 3.63) is 30.0 Å². The second-order valence-corrected chi connectivity index (χ2v) is 21.9. The summed E-state index contributed by atoms with van der Waals surface area (Å²) in [6.07, 6.45) is 5.27. The van der Waals surface area contributed by atoms with Gasteiger partial charge in [0.1, 0.15) is 0 Å². The Hall–Kier alpha value is -0.641. The Kier molecular flexibility index (Phi) is 4.43. The van der Waals surface area contributed by atoms with E-state index in [0.717, 1.165) is 13.0 Å². The molecule has 1 aliphatic heterocycles. The summed E-state index contributed by atoms with van der Waals surface area (Å²) in [5.41, 5.74) is 4.11. The average molecular weight is 377 g/mol. The molecule has 0 atom stereocenters. The molecule has 2 rings (SSSR count). The van der Waals surface area contributed by atoms with E-state index in [0.29, 0.717) is 0 Å². The molecule has 0 aromatic carbocycles. The minimum absolute atomic E-state index is 0.161. The Balaban J connectivity index is 2.20. The fraction of sp³-hybridized carbons (Fsp3) is 0.529. The third-order valence-corrected chi connectivity index (χ3v) is 8.98. The van der Waals surface area contributed by atoms with Crippen LogP contribution in [0.3, 0.4) is 0 Å². The van der Waals surface area contributed by atoms with Crippen LogP contribution in [0.2, 0.25) is 14.8 Å². The van der Waals surface area contributed by atoms with E-state index >= 15 is 0 Å². The van der Waals surface area contributed by atoms with E-state index in [1.807, 2.05) is 0 Å². The summed E-state index contributed by atoms with van der Waals surface area (Å²) >= 11 is -2.03. The van der Waals surface area contributed by atoms with Crippen LogP contribution in [0.25, 0.3) is 5.57 Å². The quantitative estimate of drug-likeness (QED) is 0.718. The van der Waals surface area contributed by atoms with Crippen LogP contribution in [-0.2, 0) is 0 Å². The van der Waals surface area contributed by atoms with Gasteiger partial charge in [0.25, 0.3) is 0 Å². The molecule has 0 radical (unpaired) electrons. The first-order chi connectivity index (χ1) is 9.18. The molecular formula is C17H26N2Sn. The Labute approximate surface area is 127 Å². The van der Waals surface area contributed by atoms with Crippen molar-refractivity contribution in [1.82, 2.24) is 4.98 Å². The number of nitrogens with zero attached hydrogens (tertiary/aromatic N) is 2. The fourth-order valence-corrected chi connectivity index (χ4v) is 5.28. The molecule has 0 saturated heterocycles. The molecule has 0 unspecified atom stereocenters. The van der Waals surface area contributed by atoms with Crippen LogP contribution in [0.15, 0.2) is 29.4 Å². The molecule has 2 nitrogen and oxygen atoms in total. The van der Waals surface area contributed by atoms with Crippen LogP contribution >= 0.6 is 0 Å². The molecule has 2 heterocycles. The maximum absolute atomic E-state index is 4.72. The van der Waals surface area contributed by atoms with Gasteiger partial charge in [0, 0.05) is 0 Å². The predicted molar refractivity (Wildman–Crippen MR) is 91.6 cm³/mol. The molecule has 108 valence electrons. The predicted octanol–water partition coefficient (Wildman–Crippen LogP) is 3.90. The Morgan fingerprint density at radius 3 is 2.30 bits per heavy atom. The molecule has 0 spiro atoms. The molecule has 3 heteroatoms. The summed E-state index contributed by atoms with van der Waals surface area (Å²) in [5, 5.41) is 0. The number of aliphatic imine (C=N–C) groups is 1. The second-order valence-electron chi connectivity index (χ2n) is 7.63. The van der Waals surface area contributed by atoms with Gasteiger partial charge >= 0.3 is 127 Å². The molecule has 0 bridgehead atoms. The first-order valence-electron chi connectivity index (χ1n) is 7.38. The number of hydrogen-bond acceptors (Lipinski definition) is 2. The number of dihydropyridines is 1. The van der Waals surface area contributed by atoms with Gasteiger partial charge in [-0.05, 0) is 0 Å². The van der Waals surface area contributed by atoms with Crippen molar-refractivity contribution in [2.45, 2.75) is 42.0 Å². The van der Waals surface area contributed by atoms with Crippen LogP contribution in [0.1, 0.15) is 32.8 Å². The minimum atomic E-state index is -2.03. The molecule has 0 aliphatic carbocycles. The Morgan fingerprint density at radius 2 is 1.80 bits per heavy atom. The van der Waals surface area contributed by atoms with E-state index in [2.05, 4.69) is 65.0 Å². The monoisotopic (exact) mass is 378 g/mol. The zero-order chi connectivity index (χ0) is 15.0. The van der Waals surface area contributed by atoms with Gasteiger partial charge in [0.2, 0.25) is 0 Å². The Bertz CT molecular complexity index is 540. The van der Waals surface area contributed by atoms with Gasteiger partial charge in [-0.3, -0.25) is 0 Å². The van der Waals surface area contributed by atoms with Crippen molar-refractivity contribution < 1.29 is 0 Å². The standard InChI is InChI=1S/C14H17N2.3CH3.Sn/c1-14(2,3)13-9-11(6-8-16-13)12-5-4-7-15-10-12;;;;/h4-6,10H,8-9H2,1-3H3;3*1H3;. The summed E-state index contributed by atoms with van der Waals surface area (Å²) in [6.45, 7) is 7.53. The molecule has 0 saturated carbocycles. The van der Waals surface area contributed by atoms with Crippen LogP contribution < -0.4 is 3.71 Å². The molecule has 20 heavy (non-hydrogen) atoms. The zero-order valence-corrected chi connectivity index (χ0v) is 16.5. The second kappa shape index (κ2) is 5.63. The van der Waals surface area contributed by atoms with Crippen molar-refractivity contribution in [3.8, 4) is 0 Å². The first kappa shape index (κ1) is 15.7. The normalized spacial score (nSPS) is 16.7. The van der Waals surface area contributed by atoms with E-state index in [4.69, 9.17) is 4.98 Å². The number of rotatable bonds is 2. The van der Waals surface area contributed by atoms with E-state index in [9.17, 15) is 0 Å². The van der Waals surface area contributed by atoms with E-state index in [-0.39, 0.29) is 5.41 Å².